The van der Waals surface area contributed by atoms with Crippen LogP contribution in [0.5, 0.6) is 0 Å². The second kappa shape index (κ2) is 6.24. The SMILES string of the molecule is N#CCSc1nc(CO)cn1Cc1ccccc1. The summed E-state index contributed by atoms with van der Waals surface area (Å²) < 4.78 is 1.96. The van der Waals surface area contributed by atoms with Crippen LogP contribution >= 0.6 is 11.8 Å². The molecule has 0 spiro atoms. The lowest BCUT2D eigenvalue weighted by molar-refractivity contribution is 0.277. The van der Waals surface area contributed by atoms with Crippen LogP contribution < -0.4 is 0 Å². The summed E-state index contributed by atoms with van der Waals surface area (Å²) in [6.07, 6.45) is 1.83. The summed E-state index contributed by atoms with van der Waals surface area (Å²) in [5, 5.41) is 18.5. The molecule has 0 atom stereocenters. The molecule has 0 radical (unpaired) electrons. The van der Waals surface area contributed by atoms with Crippen LogP contribution in [0.4, 0.5) is 0 Å². The zero-order chi connectivity index (χ0) is 12.8. The highest BCUT2D eigenvalue weighted by molar-refractivity contribution is 7.99. The Morgan fingerprint density at radius 3 is 2.78 bits per heavy atom. The van der Waals surface area contributed by atoms with Gasteiger partial charge in [0.25, 0.3) is 0 Å². The Labute approximate surface area is 110 Å². The van der Waals surface area contributed by atoms with Gasteiger partial charge >= 0.3 is 0 Å². The molecule has 0 amide bonds. The molecular formula is C13H13N3OS. The van der Waals surface area contributed by atoms with Crippen molar-refractivity contribution in [3.05, 3.63) is 47.8 Å². The van der Waals surface area contributed by atoms with Gasteiger partial charge in [0.05, 0.1) is 24.1 Å². The van der Waals surface area contributed by atoms with Gasteiger partial charge in [-0.1, -0.05) is 42.1 Å². The third-order valence-corrected chi connectivity index (χ3v) is 3.27. The highest BCUT2D eigenvalue weighted by atomic mass is 32.2. The molecule has 0 aliphatic rings. The zero-order valence-electron chi connectivity index (χ0n) is 9.78. The van der Waals surface area contributed by atoms with Crippen molar-refractivity contribution in [1.29, 1.82) is 5.26 Å². The Morgan fingerprint density at radius 2 is 2.11 bits per heavy atom. The van der Waals surface area contributed by atoms with Gasteiger partial charge in [-0.25, -0.2) is 4.98 Å². The molecule has 0 fully saturated rings. The van der Waals surface area contributed by atoms with Gasteiger partial charge in [0.2, 0.25) is 0 Å². The van der Waals surface area contributed by atoms with Crippen LogP contribution in [0.3, 0.4) is 0 Å². The molecule has 0 aliphatic carbocycles. The molecule has 1 aromatic carbocycles. The standard InChI is InChI=1S/C13H13N3OS/c14-6-7-18-13-15-12(10-17)9-16(13)8-11-4-2-1-3-5-11/h1-5,9,17H,7-8,10H2. The fourth-order valence-corrected chi connectivity index (χ4v) is 2.29. The van der Waals surface area contributed by atoms with Crippen LogP contribution in [0, 0.1) is 11.3 Å². The van der Waals surface area contributed by atoms with Gasteiger partial charge in [-0.15, -0.1) is 0 Å². The number of hydrogen-bond donors (Lipinski definition) is 1. The van der Waals surface area contributed by atoms with E-state index in [0.717, 1.165) is 10.7 Å². The maximum atomic E-state index is 9.12. The van der Waals surface area contributed by atoms with E-state index < -0.39 is 0 Å². The molecular weight excluding hydrogens is 246 g/mol. The first-order chi connectivity index (χ1) is 8.83. The van der Waals surface area contributed by atoms with Gasteiger partial charge in [-0.3, -0.25) is 0 Å². The Kier molecular flexibility index (Phi) is 4.40. The summed E-state index contributed by atoms with van der Waals surface area (Å²) >= 11 is 1.38. The molecule has 0 saturated heterocycles. The highest BCUT2D eigenvalue weighted by Crippen LogP contribution is 2.18. The van der Waals surface area contributed by atoms with E-state index >= 15 is 0 Å². The van der Waals surface area contributed by atoms with Crippen LogP contribution in [-0.4, -0.2) is 20.4 Å². The van der Waals surface area contributed by atoms with E-state index in [2.05, 4.69) is 11.1 Å². The molecule has 2 aromatic rings. The number of imidazole rings is 1. The van der Waals surface area contributed by atoms with Crippen LogP contribution in [0.25, 0.3) is 0 Å². The smallest absolute Gasteiger partial charge is 0.169 e. The van der Waals surface area contributed by atoms with E-state index in [4.69, 9.17) is 10.4 Å². The zero-order valence-corrected chi connectivity index (χ0v) is 10.6. The minimum absolute atomic E-state index is 0.0814. The summed E-state index contributed by atoms with van der Waals surface area (Å²) in [4.78, 5) is 4.29. The second-order valence-corrected chi connectivity index (χ2v) is 4.68. The van der Waals surface area contributed by atoms with Crippen molar-refractivity contribution in [2.24, 2.45) is 0 Å². The fourth-order valence-electron chi connectivity index (χ4n) is 1.63. The van der Waals surface area contributed by atoms with E-state index in [1.165, 1.54) is 11.8 Å². The van der Waals surface area contributed by atoms with E-state index in [9.17, 15) is 0 Å². The molecule has 0 bridgehead atoms. The normalized spacial score (nSPS) is 10.2. The number of hydrogen-bond acceptors (Lipinski definition) is 4. The number of nitriles is 1. The average molecular weight is 259 g/mol. The Hall–Kier alpha value is -1.77. The maximum Gasteiger partial charge on any atom is 0.169 e. The highest BCUT2D eigenvalue weighted by Gasteiger charge is 2.08. The second-order valence-electron chi connectivity index (χ2n) is 3.73. The molecule has 18 heavy (non-hydrogen) atoms. The van der Waals surface area contributed by atoms with Gasteiger partial charge in [0.1, 0.15) is 0 Å². The average Bonchev–Trinajstić information content (AvgIpc) is 2.80. The number of benzene rings is 1. The van der Waals surface area contributed by atoms with E-state index in [1.807, 2.05) is 41.1 Å². The molecule has 92 valence electrons. The van der Waals surface area contributed by atoms with Gasteiger partial charge in [-0.2, -0.15) is 5.26 Å². The maximum absolute atomic E-state index is 9.12. The lowest BCUT2D eigenvalue weighted by Gasteiger charge is -2.05. The third kappa shape index (κ3) is 3.13. The van der Waals surface area contributed by atoms with Crippen molar-refractivity contribution in [3.8, 4) is 6.07 Å². The van der Waals surface area contributed by atoms with Crippen LogP contribution in [0.1, 0.15) is 11.3 Å². The molecule has 1 heterocycles. The minimum atomic E-state index is -0.0814. The number of aromatic nitrogens is 2. The quantitative estimate of drug-likeness (QED) is 0.835. The summed E-state index contributed by atoms with van der Waals surface area (Å²) in [5.41, 5.74) is 1.80. The lowest BCUT2D eigenvalue weighted by Crippen LogP contribution is -2.00. The summed E-state index contributed by atoms with van der Waals surface area (Å²) in [5.74, 6) is 0.358. The van der Waals surface area contributed by atoms with Gasteiger partial charge < -0.3 is 9.67 Å². The first-order valence-electron chi connectivity index (χ1n) is 5.54. The van der Waals surface area contributed by atoms with Crippen molar-refractivity contribution in [2.45, 2.75) is 18.3 Å². The summed E-state index contributed by atoms with van der Waals surface area (Å²) in [6.45, 7) is 0.615. The van der Waals surface area contributed by atoms with Crippen molar-refractivity contribution < 1.29 is 5.11 Å². The van der Waals surface area contributed by atoms with Crippen LogP contribution in [0.2, 0.25) is 0 Å². The number of rotatable bonds is 5. The first kappa shape index (κ1) is 12.7. The number of aliphatic hydroxyl groups is 1. The minimum Gasteiger partial charge on any atom is -0.390 e. The van der Waals surface area contributed by atoms with E-state index in [1.54, 1.807) is 0 Å². The summed E-state index contributed by atoms with van der Waals surface area (Å²) in [7, 11) is 0. The van der Waals surface area contributed by atoms with Crippen molar-refractivity contribution in [3.63, 3.8) is 0 Å². The molecule has 0 unspecified atom stereocenters. The Bertz CT molecular complexity index is 545. The van der Waals surface area contributed by atoms with Crippen molar-refractivity contribution in [1.82, 2.24) is 9.55 Å². The van der Waals surface area contributed by atoms with Gasteiger partial charge in [0, 0.05) is 12.7 Å². The van der Waals surface area contributed by atoms with Crippen LogP contribution in [0.15, 0.2) is 41.7 Å². The predicted octanol–water partition coefficient (Wildman–Crippen LogP) is 2.04. The Balaban J connectivity index is 2.20. The predicted molar refractivity (Wildman–Crippen MR) is 70.0 cm³/mol. The molecule has 0 saturated carbocycles. The summed E-state index contributed by atoms with van der Waals surface area (Å²) in [6, 6.07) is 12.1. The molecule has 2 rings (SSSR count). The number of aliphatic hydroxyl groups excluding tert-OH is 1. The van der Waals surface area contributed by atoms with Crippen molar-refractivity contribution in [2.75, 3.05) is 5.75 Å². The lowest BCUT2D eigenvalue weighted by atomic mass is 10.2. The van der Waals surface area contributed by atoms with E-state index in [0.29, 0.717) is 18.0 Å². The largest absolute Gasteiger partial charge is 0.390 e. The number of thioether (sulfide) groups is 1. The monoisotopic (exact) mass is 259 g/mol. The van der Waals surface area contributed by atoms with Gasteiger partial charge in [-0.05, 0) is 5.56 Å². The molecule has 1 aromatic heterocycles. The first-order valence-corrected chi connectivity index (χ1v) is 6.52. The topological polar surface area (TPSA) is 61.8 Å². The van der Waals surface area contributed by atoms with Crippen molar-refractivity contribution >= 4 is 11.8 Å². The molecule has 1 N–H and O–H groups in total. The van der Waals surface area contributed by atoms with Gasteiger partial charge in [0.15, 0.2) is 5.16 Å². The van der Waals surface area contributed by atoms with E-state index in [-0.39, 0.29) is 6.61 Å². The molecule has 5 heteroatoms. The third-order valence-electron chi connectivity index (χ3n) is 2.41. The number of nitrogens with zero attached hydrogens (tertiary/aromatic N) is 3. The van der Waals surface area contributed by atoms with Crippen LogP contribution in [-0.2, 0) is 13.2 Å². The molecule has 4 nitrogen and oxygen atoms in total. The molecule has 0 aliphatic heterocycles. The Morgan fingerprint density at radius 1 is 1.33 bits per heavy atom. The fraction of sp³-hybridized carbons (Fsp3) is 0.231.